The number of amidine groups is 1. The Morgan fingerprint density at radius 2 is 2.20 bits per heavy atom. The highest BCUT2D eigenvalue weighted by atomic mass is 15.3. The van der Waals surface area contributed by atoms with Gasteiger partial charge in [-0.3, -0.25) is 10.8 Å². The zero-order valence-electron chi connectivity index (χ0n) is 11.2. The molecular weight excluding hydrogens is 252 g/mol. The first-order valence-electron chi connectivity index (χ1n) is 6.59. The van der Waals surface area contributed by atoms with E-state index in [-0.39, 0.29) is 11.5 Å². The topological polar surface area (TPSA) is 110 Å². The predicted molar refractivity (Wildman–Crippen MR) is 79.9 cm³/mol. The first kappa shape index (κ1) is 14.0. The second-order valence-electron chi connectivity index (χ2n) is 4.75. The predicted octanol–water partition coefficient (Wildman–Crippen LogP) is 1.38. The van der Waals surface area contributed by atoms with E-state index >= 15 is 0 Å². The van der Waals surface area contributed by atoms with Crippen molar-refractivity contribution in [2.75, 3.05) is 18.5 Å². The van der Waals surface area contributed by atoms with Gasteiger partial charge in [0.15, 0.2) is 5.84 Å². The molecule has 0 amide bonds. The van der Waals surface area contributed by atoms with Gasteiger partial charge in [-0.15, -0.1) is 0 Å². The standard InChI is InChI=1S/C14H18N6/c15-9-13(14(16)17)20-19-12-3-1-2-11(8-12)10-4-6-18-7-5-10/h1-3,8,10,18-19H,4-7H2,(H3,16,17)/b20-13+. The van der Waals surface area contributed by atoms with Crippen LogP contribution in [0.4, 0.5) is 5.69 Å². The van der Waals surface area contributed by atoms with Gasteiger partial charge in [-0.2, -0.15) is 10.4 Å². The number of nitrogens with zero attached hydrogens (tertiary/aromatic N) is 2. The molecule has 0 atom stereocenters. The first-order chi connectivity index (χ1) is 9.70. The molecule has 1 aromatic carbocycles. The zero-order chi connectivity index (χ0) is 14.4. The Hall–Kier alpha value is -2.39. The Kier molecular flexibility index (Phi) is 4.69. The van der Waals surface area contributed by atoms with E-state index < -0.39 is 0 Å². The minimum absolute atomic E-state index is 0.114. The third kappa shape index (κ3) is 3.56. The molecular formula is C14H18N6. The third-order valence-corrected chi connectivity index (χ3v) is 3.36. The van der Waals surface area contributed by atoms with Gasteiger partial charge in [-0.05, 0) is 49.5 Å². The third-order valence-electron chi connectivity index (χ3n) is 3.36. The second kappa shape index (κ2) is 6.68. The lowest BCUT2D eigenvalue weighted by Gasteiger charge is -2.23. The number of hydrazone groups is 1. The minimum atomic E-state index is -0.338. The van der Waals surface area contributed by atoms with Crippen LogP contribution in [0.25, 0.3) is 0 Å². The minimum Gasteiger partial charge on any atom is -0.382 e. The summed E-state index contributed by atoms with van der Waals surface area (Å²) in [5, 5.41) is 23.2. The zero-order valence-corrected chi connectivity index (χ0v) is 11.2. The molecule has 104 valence electrons. The van der Waals surface area contributed by atoms with Crippen LogP contribution in [-0.4, -0.2) is 24.6 Å². The van der Waals surface area contributed by atoms with Crippen LogP contribution < -0.4 is 16.5 Å². The van der Waals surface area contributed by atoms with Crippen molar-refractivity contribution in [2.24, 2.45) is 10.8 Å². The summed E-state index contributed by atoms with van der Waals surface area (Å²) in [6.07, 6.45) is 2.26. The van der Waals surface area contributed by atoms with E-state index in [0.29, 0.717) is 5.92 Å². The molecule has 1 saturated heterocycles. The highest BCUT2D eigenvalue weighted by molar-refractivity contribution is 6.45. The van der Waals surface area contributed by atoms with E-state index in [1.54, 1.807) is 6.07 Å². The molecule has 0 spiro atoms. The summed E-state index contributed by atoms with van der Waals surface area (Å²) in [6, 6.07) is 9.77. The van der Waals surface area contributed by atoms with Crippen LogP contribution >= 0.6 is 0 Å². The summed E-state index contributed by atoms with van der Waals surface area (Å²) >= 11 is 0. The molecule has 0 aliphatic carbocycles. The lowest BCUT2D eigenvalue weighted by Crippen LogP contribution is -2.26. The molecule has 0 radical (unpaired) electrons. The highest BCUT2D eigenvalue weighted by Gasteiger charge is 2.15. The SMILES string of the molecule is N#C/C(=N\Nc1cccc(C2CCNCC2)c1)C(=N)N. The first-order valence-corrected chi connectivity index (χ1v) is 6.59. The van der Waals surface area contributed by atoms with Gasteiger partial charge >= 0.3 is 0 Å². The molecule has 1 aliphatic rings. The number of anilines is 1. The van der Waals surface area contributed by atoms with Crippen LogP contribution in [0.15, 0.2) is 29.4 Å². The molecule has 6 nitrogen and oxygen atoms in total. The van der Waals surface area contributed by atoms with Crippen LogP contribution in [0.3, 0.4) is 0 Å². The fourth-order valence-electron chi connectivity index (χ4n) is 2.28. The van der Waals surface area contributed by atoms with Gasteiger partial charge in [0.1, 0.15) is 6.07 Å². The van der Waals surface area contributed by atoms with E-state index in [9.17, 15) is 0 Å². The Bertz CT molecular complexity index is 551. The molecule has 2 rings (SSSR count). The molecule has 1 aliphatic heterocycles. The highest BCUT2D eigenvalue weighted by Crippen LogP contribution is 2.26. The molecule has 20 heavy (non-hydrogen) atoms. The van der Waals surface area contributed by atoms with E-state index in [2.05, 4.69) is 21.9 Å². The van der Waals surface area contributed by atoms with Crippen LogP contribution in [0.1, 0.15) is 24.3 Å². The molecule has 1 heterocycles. The quantitative estimate of drug-likeness (QED) is 0.376. The molecule has 6 heteroatoms. The van der Waals surface area contributed by atoms with Crippen molar-refractivity contribution in [3.63, 3.8) is 0 Å². The Morgan fingerprint density at radius 3 is 2.85 bits per heavy atom. The fourth-order valence-corrected chi connectivity index (χ4v) is 2.28. The molecule has 0 unspecified atom stereocenters. The monoisotopic (exact) mass is 270 g/mol. The van der Waals surface area contributed by atoms with Crippen LogP contribution in [-0.2, 0) is 0 Å². The number of nitriles is 1. The number of rotatable bonds is 4. The summed E-state index contributed by atoms with van der Waals surface area (Å²) in [5.74, 6) is 0.222. The fraction of sp³-hybridized carbons (Fsp3) is 0.357. The lowest BCUT2D eigenvalue weighted by atomic mass is 9.90. The normalized spacial score (nSPS) is 16.4. The molecule has 0 bridgehead atoms. The van der Waals surface area contributed by atoms with Crippen molar-refractivity contribution in [3.8, 4) is 6.07 Å². The maximum atomic E-state index is 8.78. The molecule has 0 aromatic heterocycles. The van der Waals surface area contributed by atoms with Gasteiger partial charge in [-0.25, -0.2) is 0 Å². The van der Waals surface area contributed by atoms with Gasteiger partial charge in [0, 0.05) is 0 Å². The number of hydrogen-bond donors (Lipinski definition) is 4. The van der Waals surface area contributed by atoms with E-state index in [4.69, 9.17) is 16.4 Å². The summed E-state index contributed by atoms with van der Waals surface area (Å²) in [5.41, 5.74) is 9.99. The smallest absolute Gasteiger partial charge is 0.201 e. The van der Waals surface area contributed by atoms with Gasteiger partial charge < -0.3 is 11.1 Å². The van der Waals surface area contributed by atoms with Crippen LogP contribution in [0, 0.1) is 16.7 Å². The van der Waals surface area contributed by atoms with Gasteiger partial charge in [0.25, 0.3) is 0 Å². The average Bonchev–Trinajstić information content (AvgIpc) is 2.49. The maximum absolute atomic E-state index is 8.78. The molecule has 1 fully saturated rings. The number of benzene rings is 1. The van der Waals surface area contributed by atoms with Crippen molar-refractivity contribution in [2.45, 2.75) is 18.8 Å². The van der Waals surface area contributed by atoms with Crippen molar-refractivity contribution >= 4 is 17.2 Å². The molecule has 5 N–H and O–H groups in total. The van der Waals surface area contributed by atoms with Crippen molar-refractivity contribution < 1.29 is 0 Å². The largest absolute Gasteiger partial charge is 0.382 e. The maximum Gasteiger partial charge on any atom is 0.201 e. The van der Waals surface area contributed by atoms with Crippen molar-refractivity contribution in [3.05, 3.63) is 29.8 Å². The number of hydrogen-bond acceptors (Lipinski definition) is 5. The lowest BCUT2D eigenvalue weighted by molar-refractivity contribution is 0.460. The van der Waals surface area contributed by atoms with E-state index in [1.165, 1.54) is 5.56 Å². The van der Waals surface area contributed by atoms with Gasteiger partial charge in [0.05, 0.1) is 5.69 Å². The van der Waals surface area contributed by atoms with Gasteiger partial charge in [0.2, 0.25) is 5.71 Å². The average molecular weight is 270 g/mol. The number of nitrogens with one attached hydrogen (secondary N) is 3. The van der Waals surface area contributed by atoms with Crippen LogP contribution in [0.2, 0.25) is 0 Å². The summed E-state index contributed by atoms with van der Waals surface area (Å²) in [4.78, 5) is 0. The number of nitrogens with two attached hydrogens (primary N) is 1. The summed E-state index contributed by atoms with van der Waals surface area (Å²) < 4.78 is 0. The Labute approximate surface area is 118 Å². The Balaban J connectivity index is 2.10. The Morgan fingerprint density at radius 1 is 1.45 bits per heavy atom. The molecule has 1 aromatic rings. The summed E-state index contributed by atoms with van der Waals surface area (Å²) in [6.45, 7) is 2.09. The molecule has 0 saturated carbocycles. The van der Waals surface area contributed by atoms with E-state index in [1.807, 2.05) is 18.2 Å². The van der Waals surface area contributed by atoms with Crippen molar-refractivity contribution in [1.29, 1.82) is 10.7 Å². The van der Waals surface area contributed by atoms with Gasteiger partial charge in [-0.1, -0.05) is 12.1 Å². The number of piperidine rings is 1. The summed E-state index contributed by atoms with van der Waals surface area (Å²) in [7, 11) is 0. The second-order valence-corrected chi connectivity index (χ2v) is 4.75. The van der Waals surface area contributed by atoms with Crippen LogP contribution in [0.5, 0.6) is 0 Å². The van der Waals surface area contributed by atoms with Crippen molar-refractivity contribution in [1.82, 2.24) is 5.32 Å². The van der Waals surface area contributed by atoms with E-state index in [0.717, 1.165) is 31.6 Å².